The Morgan fingerprint density at radius 3 is 2.88 bits per heavy atom. The van der Waals surface area contributed by atoms with Gasteiger partial charge in [0.1, 0.15) is 5.82 Å². The molecule has 4 heteroatoms. The lowest BCUT2D eigenvalue weighted by Crippen LogP contribution is -2.13. The molecule has 1 amide bonds. The molecule has 0 aliphatic rings. The first-order valence-electron chi connectivity index (χ1n) is 5.57. The van der Waals surface area contributed by atoms with E-state index in [1.54, 1.807) is 12.3 Å². The third-order valence-electron chi connectivity index (χ3n) is 2.59. The van der Waals surface area contributed by atoms with Gasteiger partial charge in [-0.1, -0.05) is 6.07 Å². The molecule has 0 aromatic carbocycles. The van der Waals surface area contributed by atoms with Crippen LogP contribution in [-0.2, 0) is 18.3 Å². The lowest BCUT2D eigenvalue weighted by atomic mass is 10.2. The third kappa shape index (κ3) is 3.17. The molecule has 0 saturated carbocycles. The molecule has 2 heterocycles. The van der Waals surface area contributed by atoms with E-state index in [9.17, 15) is 4.79 Å². The molecule has 4 nitrogen and oxygen atoms in total. The summed E-state index contributed by atoms with van der Waals surface area (Å²) in [6, 6.07) is 9.44. The summed E-state index contributed by atoms with van der Waals surface area (Å²) in [5.41, 5.74) is 1.15. The zero-order valence-electron chi connectivity index (χ0n) is 9.76. The molecule has 0 atom stereocenters. The van der Waals surface area contributed by atoms with E-state index in [1.165, 1.54) is 0 Å². The van der Waals surface area contributed by atoms with Crippen LogP contribution in [0.1, 0.15) is 12.1 Å². The highest BCUT2D eigenvalue weighted by Crippen LogP contribution is 2.05. The number of hydrogen-bond acceptors (Lipinski definition) is 2. The summed E-state index contributed by atoms with van der Waals surface area (Å²) in [6.07, 6.45) is 4.84. The van der Waals surface area contributed by atoms with E-state index in [-0.39, 0.29) is 5.91 Å². The van der Waals surface area contributed by atoms with Gasteiger partial charge in [-0.2, -0.15) is 0 Å². The predicted octanol–water partition coefficient (Wildman–Crippen LogP) is 1.99. The monoisotopic (exact) mass is 229 g/mol. The van der Waals surface area contributed by atoms with Crippen molar-refractivity contribution in [2.45, 2.75) is 12.8 Å². The minimum absolute atomic E-state index is 0.00935. The average Bonchev–Trinajstić information content (AvgIpc) is 2.74. The zero-order valence-corrected chi connectivity index (χ0v) is 9.76. The van der Waals surface area contributed by atoms with Gasteiger partial charge in [0.25, 0.3) is 0 Å². The Kier molecular flexibility index (Phi) is 3.55. The molecule has 0 bridgehead atoms. The smallest absolute Gasteiger partial charge is 0.225 e. The Morgan fingerprint density at radius 1 is 1.35 bits per heavy atom. The van der Waals surface area contributed by atoms with E-state index in [2.05, 4.69) is 10.3 Å². The van der Waals surface area contributed by atoms with Crippen molar-refractivity contribution in [3.05, 3.63) is 48.4 Å². The van der Waals surface area contributed by atoms with Crippen LogP contribution in [0, 0.1) is 0 Å². The second-order valence-electron chi connectivity index (χ2n) is 3.87. The normalized spacial score (nSPS) is 10.2. The molecule has 17 heavy (non-hydrogen) atoms. The van der Waals surface area contributed by atoms with E-state index in [0.717, 1.165) is 12.1 Å². The first kappa shape index (κ1) is 11.4. The highest BCUT2D eigenvalue weighted by molar-refractivity contribution is 5.89. The second kappa shape index (κ2) is 5.30. The number of aryl methyl sites for hydroxylation is 2. The van der Waals surface area contributed by atoms with Crippen molar-refractivity contribution in [2.24, 2.45) is 7.05 Å². The summed E-state index contributed by atoms with van der Waals surface area (Å²) in [6.45, 7) is 0. The van der Waals surface area contributed by atoms with Crippen molar-refractivity contribution in [2.75, 3.05) is 5.32 Å². The number of carbonyl (C=O) groups excluding carboxylic acids is 1. The third-order valence-corrected chi connectivity index (χ3v) is 2.59. The van der Waals surface area contributed by atoms with Crippen LogP contribution in [0.15, 0.2) is 42.7 Å². The number of carbonyl (C=O) groups is 1. The number of pyridine rings is 1. The minimum Gasteiger partial charge on any atom is -0.354 e. The van der Waals surface area contributed by atoms with Gasteiger partial charge in [0.05, 0.1) is 0 Å². The molecule has 2 rings (SSSR count). The lowest BCUT2D eigenvalue weighted by molar-refractivity contribution is -0.116. The maximum Gasteiger partial charge on any atom is 0.225 e. The number of anilines is 1. The van der Waals surface area contributed by atoms with Crippen LogP contribution < -0.4 is 5.32 Å². The summed E-state index contributed by atoms with van der Waals surface area (Å²) < 4.78 is 2.02. The first-order valence-corrected chi connectivity index (χ1v) is 5.57. The molecule has 0 aliphatic heterocycles. The van der Waals surface area contributed by atoms with E-state index < -0.39 is 0 Å². The van der Waals surface area contributed by atoms with Gasteiger partial charge in [-0.3, -0.25) is 4.79 Å². The largest absolute Gasteiger partial charge is 0.354 e. The number of amides is 1. The molecule has 0 radical (unpaired) electrons. The number of aromatic nitrogens is 2. The fourth-order valence-electron chi connectivity index (χ4n) is 1.64. The summed E-state index contributed by atoms with van der Waals surface area (Å²) in [7, 11) is 1.98. The van der Waals surface area contributed by atoms with Gasteiger partial charge in [-0.15, -0.1) is 0 Å². The molecule has 0 saturated heterocycles. The molecule has 0 fully saturated rings. The van der Waals surface area contributed by atoms with Crippen molar-refractivity contribution >= 4 is 11.7 Å². The summed E-state index contributed by atoms with van der Waals surface area (Å²) in [5, 5.41) is 2.76. The molecule has 88 valence electrons. The van der Waals surface area contributed by atoms with Crippen molar-refractivity contribution in [1.29, 1.82) is 0 Å². The van der Waals surface area contributed by atoms with E-state index in [4.69, 9.17) is 0 Å². The van der Waals surface area contributed by atoms with E-state index in [1.807, 2.05) is 42.1 Å². The van der Waals surface area contributed by atoms with E-state index in [0.29, 0.717) is 12.2 Å². The molecule has 2 aromatic rings. The number of hydrogen-bond donors (Lipinski definition) is 1. The van der Waals surface area contributed by atoms with Gasteiger partial charge in [0.15, 0.2) is 0 Å². The first-order chi connectivity index (χ1) is 8.25. The van der Waals surface area contributed by atoms with Crippen LogP contribution in [0.25, 0.3) is 0 Å². The van der Waals surface area contributed by atoms with Gasteiger partial charge in [0, 0.05) is 31.6 Å². The minimum atomic E-state index is -0.00935. The van der Waals surface area contributed by atoms with Crippen molar-refractivity contribution in [3.63, 3.8) is 0 Å². The van der Waals surface area contributed by atoms with Crippen molar-refractivity contribution in [3.8, 4) is 0 Å². The molecule has 1 N–H and O–H groups in total. The number of nitrogens with zero attached hydrogens (tertiary/aromatic N) is 2. The maximum atomic E-state index is 11.7. The SMILES string of the molecule is Cn1cccc1CCC(=O)Nc1ccccn1. The van der Waals surface area contributed by atoms with Gasteiger partial charge >= 0.3 is 0 Å². The van der Waals surface area contributed by atoms with Gasteiger partial charge in [0.2, 0.25) is 5.91 Å². The maximum absolute atomic E-state index is 11.7. The van der Waals surface area contributed by atoms with Crippen molar-refractivity contribution in [1.82, 2.24) is 9.55 Å². The molecular formula is C13H15N3O. The lowest BCUT2D eigenvalue weighted by Gasteiger charge is -2.05. The van der Waals surface area contributed by atoms with Crippen LogP contribution >= 0.6 is 0 Å². The topological polar surface area (TPSA) is 46.9 Å². The standard InChI is InChI=1S/C13H15N3O/c1-16-10-4-5-11(16)7-8-13(17)15-12-6-2-3-9-14-12/h2-6,9-10H,7-8H2,1H3,(H,14,15,17). The summed E-state index contributed by atoms with van der Waals surface area (Å²) in [5.74, 6) is 0.592. The Hall–Kier alpha value is -2.10. The predicted molar refractivity (Wildman–Crippen MR) is 66.6 cm³/mol. The van der Waals surface area contributed by atoms with Gasteiger partial charge < -0.3 is 9.88 Å². The van der Waals surface area contributed by atoms with Gasteiger partial charge in [-0.25, -0.2) is 4.98 Å². The number of nitrogens with one attached hydrogen (secondary N) is 1. The summed E-state index contributed by atoms with van der Waals surface area (Å²) in [4.78, 5) is 15.7. The summed E-state index contributed by atoms with van der Waals surface area (Å²) >= 11 is 0. The Morgan fingerprint density at radius 2 is 2.24 bits per heavy atom. The van der Waals surface area contributed by atoms with E-state index >= 15 is 0 Å². The van der Waals surface area contributed by atoms with Gasteiger partial charge in [-0.05, 0) is 30.7 Å². The fourth-order valence-corrected chi connectivity index (χ4v) is 1.64. The average molecular weight is 229 g/mol. The van der Waals surface area contributed by atoms with Crippen LogP contribution in [0.2, 0.25) is 0 Å². The van der Waals surface area contributed by atoms with Crippen LogP contribution in [0.4, 0.5) is 5.82 Å². The molecule has 0 aliphatic carbocycles. The highest BCUT2D eigenvalue weighted by atomic mass is 16.1. The number of rotatable bonds is 4. The molecule has 0 spiro atoms. The molecule has 2 aromatic heterocycles. The Labute approximate surface area is 100 Å². The van der Waals surface area contributed by atoms with Crippen LogP contribution in [0.3, 0.4) is 0 Å². The van der Waals surface area contributed by atoms with Crippen LogP contribution in [0.5, 0.6) is 0 Å². The Balaban J connectivity index is 1.84. The zero-order chi connectivity index (χ0) is 12.1. The fraction of sp³-hybridized carbons (Fsp3) is 0.231. The quantitative estimate of drug-likeness (QED) is 0.871. The molecule has 0 unspecified atom stereocenters. The highest BCUT2D eigenvalue weighted by Gasteiger charge is 2.04. The Bertz CT molecular complexity index is 490. The van der Waals surface area contributed by atoms with Crippen LogP contribution in [-0.4, -0.2) is 15.5 Å². The van der Waals surface area contributed by atoms with Crippen molar-refractivity contribution < 1.29 is 4.79 Å². The molecular weight excluding hydrogens is 214 g/mol. The second-order valence-corrected chi connectivity index (χ2v) is 3.87.